The van der Waals surface area contributed by atoms with Crippen molar-refractivity contribution in [3.8, 4) is 0 Å². The summed E-state index contributed by atoms with van der Waals surface area (Å²) >= 11 is 0. The monoisotopic (exact) mass is 389 g/mol. The van der Waals surface area contributed by atoms with Crippen molar-refractivity contribution in [2.75, 3.05) is 19.5 Å². The number of hydrogen-bond donors (Lipinski definition) is 3. The van der Waals surface area contributed by atoms with Gasteiger partial charge < -0.3 is 25.0 Å². The summed E-state index contributed by atoms with van der Waals surface area (Å²) in [5.41, 5.74) is 0.333. The Kier molecular flexibility index (Phi) is 7.09. The Morgan fingerprint density at radius 2 is 1.96 bits per heavy atom. The molecule has 2 rings (SSSR count). The van der Waals surface area contributed by atoms with Gasteiger partial charge in [0.15, 0.2) is 6.29 Å². The van der Waals surface area contributed by atoms with E-state index in [0.29, 0.717) is 5.56 Å². The summed E-state index contributed by atoms with van der Waals surface area (Å²) in [7, 11) is -3.96. The maximum absolute atomic E-state index is 12.5. The van der Waals surface area contributed by atoms with Gasteiger partial charge in [-0.1, -0.05) is 18.2 Å². The van der Waals surface area contributed by atoms with Crippen LogP contribution in [0, 0.1) is 0 Å². The Morgan fingerprint density at radius 3 is 2.50 bits per heavy atom. The molecular formula is C16H23NO8S. The summed E-state index contributed by atoms with van der Waals surface area (Å²) in [5.74, 6) is -0.513. The molecule has 10 heteroatoms. The molecule has 1 saturated heterocycles. The number of benzene rings is 1. The normalized spacial score (nSPS) is 29.3. The Labute approximate surface area is 152 Å². The van der Waals surface area contributed by atoms with Crippen molar-refractivity contribution in [3.05, 3.63) is 35.9 Å². The van der Waals surface area contributed by atoms with Gasteiger partial charge in [0, 0.05) is 12.2 Å². The summed E-state index contributed by atoms with van der Waals surface area (Å²) in [4.78, 5) is 12.5. The highest BCUT2D eigenvalue weighted by Crippen LogP contribution is 2.26. The molecular weight excluding hydrogens is 366 g/mol. The van der Waals surface area contributed by atoms with Crippen molar-refractivity contribution in [3.63, 3.8) is 0 Å². The lowest BCUT2D eigenvalue weighted by atomic mass is 9.96. The molecule has 1 aromatic rings. The molecule has 1 aliphatic heterocycles. The lowest BCUT2D eigenvalue weighted by molar-refractivity contribution is -0.263. The zero-order valence-electron chi connectivity index (χ0n) is 14.4. The van der Waals surface area contributed by atoms with Gasteiger partial charge in [-0.2, -0.15) is 8.42 Å². The quantitative estimate of drug-likeness (QED) is 0.519. The van der Waals surface area contributed by atoms with E-state index in [1.54, 1.807) is 37.3 Å². The number of carbonyl (C=O) groups is 1. The molecule has 1 amide bonds. The van der Waals surface area contributed by atoms with Gasteiger partial charge in [-0.15, -0.1) is 0 Å². The van der Waals surface area contributed by atoms with Crippen LogP contribution in [0.5, 0.6) is 0 Å². The molecule has 1 heterocycles. The van der Waals surface area contributed by atoms with Crippen molar-refractivity contribution in [2.24, 2.45) is 0 Å². The van der Waals surface area contributed by atoms with Gasteiger partial charge in [0.25, 0.3) is 16.0 Å². The summed E-state index contributed by atoms with van der Waals surface area (Å²) in [6, 6.07) is 7.13. The van der Waals surface area contributed by atoms with Crippen LogP contribution in [0.25, 0.3) is 0 Å². The molecule has 1 fully saturated rings. The minimum Gasteiger partial charge on any atom is -0.394 e. The number of hydrogen-bond acceptors (Lipinski definition) is 8. The van der Waals surface area contributed by atoms with Gasteiger partial charge in [0.1, 0.15) is 24.4 Å². The van der Waals surface area contributed by atoms with Crippen LogP contribution in [0.1, 0.15) is 17.3 Å². The van der Waals surface area contributed by atoms with Gasteiger partial charge in [0.05, 0.1) is 12.9 Å². The fourth-order valence-electron chi connectivity index (χ4n) is 2.67. The topological polar surface area (TPSA) is 131 Å². The average molecular weight is 389 g/mol. The molecule has 1 aromatic carbocycles. The molecule has 0 unspecified atom stereocenters. The second-order valence-electron chi connectivity index (χ2n) is 5.80. The molecule has 0 radical (unpaired) electrons. The lowest BCUT2D eigenvalue weighted by Crippen LogP contribution is -2.65. The maximum atomic E-state index is 12.5. The first-order valence-corrected chi connectivity index (χ1v) is 9.88. The van der Waals surface area contributed by atoms with E-state index in [2.05, 4.69) is 5.32 Å². The van der Waals surface area contributed by atoms with Crippen LogP contribution in [0.15, 0.2) is 30.3 Å². The van der Waals surface area contributed by atoms with E-state index in [1.165, 1.54) is 0 Å². The van der Waals surface area contributed by atoms with Crippen molar-refractivity contribution in [2.45, 2.75) is 37.6 Å². The molecule has 5 atom stereocenters. The van der Waals surface area contributed by atoms with Crippen LogP contribution >= 0.6 is 0 Å². The number of ether oxygens (including phenoxy) is 2. The molecule has 9 nitrogen and oxygen atoms in total. The molecule has 0 aromatic heterocycles. The highest BCUT2D eigenvalue weighted by molar-refractivity contribution is 7.86. The standard InChI is InChI=1S/C16H23NO8S/c1-3-23-16-12(17-15(20)10-7-5-4-6-8-10)14(25-26(2,21)22)13(19)11(9-18)24-16/h4-8,11-14,16,18-19H,3,9H2,1-2H3,(H,17,20)/t11-,12+,13+,14-,16-/m0/s1. The van der Waals surface area contributed by atoms with Crippen molar-refractivity contribution in [1.29, 1.82) is 0 Å². The van der Waals surface area contributed by atoms with Crippen LogP contribution in [-0.4, -0.2) is 74.7 Å². The predicted molar refractivity (Wildman–Crippen MR) is 90.8 cm³/mol. The first-order chi connectivity index (χ1) is 12.3. The first-order valence-electron chi connectivity index (χ1n) is 8.07. The smallest absolute Gasteiger partial charge is 0.264 e. The molecule has 0 aliphatic carbocycles. The number of rotatable bonds is 7. The largest absolute Gasteiger partial charge is 0.394 e. The van der Waals surface area contributed by atoms with Gasteiger partial charge in [-0.3, -0.25) is 8.98 Å². The molecule has 0 bridgehead atoms. The van der Waals surface area contributed by atoms with Crippen molar-refractivity contribution >= 4 is 16.0 Å². The van der Waals surface area contributed by atoms with Gasteiger partial charge >= 0.3 is 0 Å². The van der Waals surface area contributed by atoms with E-state index < -0.39 is 53.3 Å². The van der Waals surface area contributed by atoms with Gasteiger partial charge in [-0.25, -0.2) is 0 Å². The summed E-state index contributed by atoms with van der Waals surface area (Å²) in [5, 5.41) is 22.3. The third kappa shape index (κ3) is 5.22. The Hall–Kier alpha value is -1.56. The number of carbonyl (C=O) groups excluding carboxylic acids is 1. The van der Waals surface area contributed by atoms with Gasteiger partial charge in [-0.05, 0) is 19.1 Å². The van der Waals surface area contributed by atoms with E-state index in [1.807, 2.05) is 0 Å². The highest BCUT2D eigenvalue weighted by Gasteiger charge is 2.48. The Morgan fingerprint density at radius 1 is 1.31 bits per heavy atom. The van der Waals surface area contributed by atoms with Crippen LogP contribution in [0.3, 0.4) is 0 Å². The minimum absolute atomic E-state index is 0.197. The summed E-state index contributed by atoms with van der Waals surface area (Å²) in [6.45, 7) is 1.31. The second kappa shape index (κ2) is 8.89. The number of amides is 1. The van der Waals surface area contributed by atoms with E-state index in [4.69, 9.17) is 13.7 Å². The minimum atomic E-state index is -3.96. The van der Waals surface area contributed by atoms with Crippen molar-refractivity contribution in [1.82, 2.24) is 5.32 Å². The molecule has 0 spiro atoms. The third-order valence-corrected chi connectivity index (χ3v) is 4.38. The van der Waals surface area contributed by atoms with Crippen LogP contribution < -0.4 is 5.32 Å². The summed E-state index contributed by atoms with van der Waals surface area (Å²) < 4.78 is 39.1. The zero-order valence-corrected chi connectivity index (χ0v) is 15.3. The molecule has 146 valence electrons. The predicted octanol–water partition coefficient (Wildman–Crippen LogP) is -0.756. The number of aliphatic hydroxyl groups is 2. The van der Waals surface area contributed by atoms with E-state index in [0.717, 1.165) is 6.26 Å². The van der Waals surface area contributed by atoms with Crippen LogP contribution in [0.4, 0.5) is 0 Å². The lowest BCUT2D eigenvalue weighted by Gasteiger charge is -2.43. The average Bonchev–Trinajstić information content (AvgIpc) is 2.60. The number of aliphatic hydroxyl groups excluding tert-OH is 2. The van der Waals surface area contributed by atoms with E-state index in [9.17, 15) is 23.4 Å². The number of nitrogens with one attached hydrogen (secondary N) is 1. The fraction of sp³-hybridized carbons (Fsp3) is 0.562. The van der Waals surface area contributed by atoms with E-state index in [-0.39, 0.29) is 6.61 Å². The van der Waals surface area contributed by atoms with Gasteiger partial charge in [0.2, 0.25) is 0 Å². The Bertz CT molecular complexity index is 695. The fourth-order valence-corrected chi connectivity index (χ4v) is 3.30. The summed E-state index contributed by atoms with van der Waals surface area (Å²) in [6.07, 6.45) is -4.29. The SMILES string of the molecule is CCO[C@H]1O[C@@H](CO)[C@@H](O)[C@@H](OS(C)(=O)=O)[C@H]1NC(=O)c1ccccc1. The molecule has 1 aliphatic rings. The van der Waals surface area contributed by atoms with E-state index >= 15 is 0 Å². The Balaban J connectivity index is 2.31. The second-order valence-corrected chi connectivity index (χ2v) is 7.40. The van der Waals surface area contributed by atoms with Crippen LogP contribution in [-0.2, 0) is 23.8 Å². The molecule has 26 heavy (non-hydrogen) atoms. The molecule has 3 N–H and O–H groups in total. The molecule has 0 saturated carbocycles. The van der Waals surface area contributed by atoms with Crippen LogP contribution in [0.2, 0.25) is 0 Å². The third-order valence-electron chi connectivity index (χ3n) is 3.80. The van der Waals surface area contributed by atoms with Crippen molar-refractivity contribution < 1.29 is 37.1 Å². The zero-order chi connectivity index (χ0) is 19.3. The highest BCUT2D eigenvalue weighted by atomic mass is 32.2. The first kappa shape index (κ1) is 20.7. The maximum Gasteiger partial charge on any atom is 0.264 e.